The molecule has 0 bridgehead atoms. The fourth-order valence-corrected chi connectivity index (χ4v) is 3.27. The molecule has 0 saturated heterocycles. The van der Waals surface area contributed by atoms with Crippen molar-refractivity contribution < 1.29 is 14.3 Å². The number of carbonyl (C=O) groups excluding carboxylic acids is 2. The summed E-state index contributed by atoms with van der Waals surface area (Å²) in [7, 11) is 1.36. The van der Waals surface area contributed by atoms with Gasteiger partial charge in [-0.1, -0.05) is 12.8 Å². The summed E-state index contributed by atoms with van der Waals surface area (Å²) < 4.78 is 4.67. The first kappa shape index (κ1) is 13.4. The number of fused-ring (bicyclic) bond motifs is 1. The van der Waals surface area contributed by atoms with Crippen LogP contribution in [0.2, 0.25) is 0 Å². The molecular weight excluding hydrogens is 230 g/mol. The lowest BCUT2D eigenvalue weighted by atomic mass is 10.0. The summed E-state index contributed by atoms with van der Waals surface area (Å²) in [4.78, 5) is 25.5. The van der Waals surface area contributed by atoms with Crippen LogP contribution in [0.4, 0.5) is 0 Å². The van der Waals surface area contributed by atoms with Gasteiger partial charge in [-0.15, -0.1) is 0 Å². The molecule has 4 nitrogen and oxygen atoms in total. The van der Waals surface area contributed by atoms with Crippen LogP contribution in [0.5, 0.6) is 0 Å². The minimum absolute atomic E-state index is 0.0549. The van der Waals surface area contributed by atoms with E-state index in [1.54, 1.807) is 4.90 Å². The highest BCUT2D eigenvalue weighted by molar-refractivity contribution is 5.86. The second-order valence-corrected chi connectivity index (χ2v) is 5.77. The summed E-state index contributed by atoms with van der Waals surface area (Å²) >= 11 is 0. The molecule has 2 fully saturated rings. The Morgan fingerprint density at radius 1 is 1.22 bits per heavy atom. The normalized spacial score (nSPS) is 29.7. The third kappa shape index (κ3) is 2.52. The zero-order valence-corrected chi connectivity index (χ0v) is 11.5. The largest absolute Gasteiger partial charge is 0.468 e. The molecule has 0 N–H and O–H groups in total. The number of nitrogens with zero attached hydrogens (tertiary/aromatic N) is 1. The van der Waals surface area contributed by atoms with Crippen molar-refractivity contribution in [2.24, 2.45) is 17.8 Å². The Bertz CT molecular complexity index is 328. The van der Waals surface area contributed by atoms with Crippen LogP contribution < -0.4 is 0 Å². The Balaban J connectivity index is 1.98. The predicted molar refractivity (Wildman–Crippen MR) is 67.8 cm³/mol. The number of ether oxygens (including phenoxy) is 1. The maximum Gasteiger partial charge on any atom is 0.325 e. The smallest absolute Gasteiger partial charge is 0.325 e. The Kier molecular flexibility index (Phi) is 3.93. The fraction of sp³-hybridized carbons (Fsp3) is 0.857. The number of rotatable bonds is 4. The molecular formula is C14H23NO3. The van der Waals surface area contributed by atoms with Gasteiger partial charge in [0, 0.05) is 12.0 Å². The van der Waals surface area contributed by atoms with E-state index in [1.165, 1.54) is 32.8 Å². The Morgan fingerprint density at radius 3 is 2.22 bits per heavy atom. The van der Waals surface area contributed by atoms with E-state index in [0.717, 1.165) is 0 Å². The maximum atomic E-state index is 12.5. The van der Waals surface area contributed by atoms with Gasteiger partial charge < -0.3 is 9.64 Å². The van der Waals surface area contributed by atoms with Gasteiger partial charge in [0.05, 0.1) is 7.11 Å². The zero-order chi connectivity index (χ0) is 13.3. The van der Waals surface area contributed by atoms with Gasteiger partial charge in [0.15, 0.2) is 0 Å². The lowest BCUT2D eigenvalue weighted by molar-refractivity contribution is -0.149. The summed E-state index contributed by atoms with van der Waals surface area (Å²) in [6.07, 6.45) is 4.88. The standard InChI is InChI=1S/C14H23NO3/c1-9(2)15(8-12(16)18-3)14(17)13-10-6-4-5-7-11(10)13/h9-11,13H,4-8H2,1-3H3. The van der Waals surface area contributed by atoms with Crippen molar-refractivity contribution in [1.82, 2.24) is 4.90 Å². The quantitative estimate of drug-likeness (QED) is 0.718. The highest BCUT2D eigenvalue weighted by atomic mass is 16.5. The highest BCUT2D eigenvalue weighted by Crippen LogP contribution is 2.56. The first-order valence-corrected chi connectivity index (χ1v) is 6.93. The van der Waals surface area contributed by atoms with Gasteiger partial charge in [-0.2, -0.15) is 0 Å². The molecule has 1 amide bonds. The van der Waals surface area contributed by atoms with Gasteiger partial charge in [-0.25, -0.2) is 0 Å². The summed E-state index contributed by atoms with van der Waals surface area (Å²) in [6, 6.07) is 0.0549. The topological polar surface area (TPSA) is 46.6 Å². The molecule has 18 heavy (non-hydrogen) atoms. The van der Waals surface area contributed by atoms with E-state index in [0.29, 0.717) is 11.8 Å². The second-order valence-electron chi connectivity index (χ2n) is 5.77. The third-order valence-electron chi connectivity index (χ3n) is 4.38. The Hall–Kier alpha value is -1.06. The molecule has 2 saturated carbocycles. The summed E-state index contributed by atoms with van der Waals surface area (Å²) in [5, 5.41) is 0. The van der Waals surface area contributed by atoms with E-state index in [2.05, 4.69) is 4.74 Å². The lowest BCUT2D eigenvalue weighted by Crippen LogP contribution is -2.42. The molecule has 0 spiro atoms. The van der Waals surface area contributed by atoms with E-state index >= 15 is 0 Å². The summed E-state index contributed by atoms with van der Waals surface area (Å²) in [5.41, 5.74) is 0. The molecule has 0 radical (unpaired) electrons. The monoisotopic (exact) mass is 253 g/mol. The van der Waals surface area contributed by atoms with Gasteiger partial charge >= 0.3 is 5.97 Å². The van der Waals surface area contributed by atoms with Crippen LogP contribution in [0.15, 0.2) is 0 Å². The fourth-order valence-electron chi connectivity index (χ4n) is 3.27. The predicted octanol–water partition coefficient (Wildman–Crippen LogP) is 1.83. The van der Waals surface area contributed by atoms with Crippen molar-refractivity contribution >= 4 is 11.9 Å². The minimum atomic E-state index is -0.333. The van der Waals surface area contributed by atoms with Crippen molar-refractivity contribution in [3.8, 4) is 0 Å². The molecule has 2 rings (SSSR count). The van der Waals surface area contributed by atoms with Crippen LogP contribution in [0, 0.1) is 17.8 Å². The van der Waals surface area contributed by atoms with Gasteiger partial charge in [-0.05, 0) is 38.5 Å². The SMILES string of the molecule is COC(=O)CN(C(=O)C1C2CCCCC21)C(C)C. The number of esters is 1. The number of hydrogen-bond acceptors (Lipinski definition) is 3. The number of amides is 1. The molecule has 0 heterocycles. The third-order valence-corrected chi connectivity index (χ3v) is 4.38. The molecule has 0 aromatic carbocycles. The van der Waals surface area contributed by atoms with Crippen molar-refractivity contribution in [1.29, 1.82) is 0 Å². The van der Waals surface area contributed by atoms with E-state index in [4.69, 9.17) is 0 Å². The number of methoxy groups -OCH3 is 1. The Labute approximate surface area is 109 Å². The average Bonchev–Trinajstić information content (AvgIpc) is 3.08. The molecule has 102 valence electrons. The molecule has 2 aliphatic rings. The highest BCUT2D eigenvalue weighted by Gasteiger charge is 2.56. The van der Waals surface area contributed by atoms with Crippen LogP contribution in [0.1, 0.15) is 39.5 Å². The van der Waals surface area contributed by atoms with Crippen molar-refractivity contribution in [2.45, 2.75) is 45.6 Å². The van der Waals surface area contributed by atoms with Crippen molar-refractivity contribution in [2.75, 3.05) is 13.7 Å². The number of hydrogen-bond donors (Lipinski definition) is 0. The van der Waals surface area contributed by atoms with Crippen molar-refractivity contribution in [3.63, 3.8) is 0 Å². The molecule has 0 aromatic heterocycles. The number of carbonyl (C=O) groups is 2. The van der Waals surface area contributed by atoms with Gasteiger partial charge in [0.1, 0.15) is 6.54 Å². The van der Waals surface area contributed by atoms with E-state index in [1.807, 2.05) is 13.8 Å². The Morgan fingerprint density at radius 2 is 1.78 bits per heavy atom. The second kappa shape index (κ2) is 5.29. The molecule has 0 aliphatic heterocycles. The lowest BCUT2D eigenvalue weighted by Gasteiger charge is -2.25. The molecule has 2 atom stereocenters. The van der Waals surface area contributed by atoms with Crippen LogP contribution in [-0.4, -0.2) is 36.5 Å². The minimum Gasteiger partial charge on any atom is -0.468 e. The van der Waals surface area contributed by atoms with Crippen LogP contribution in [-0.2, 0) is 14.3 Å². The van der Waals surface area contributed by atoms with Gasteiger partial charge in [0.25, 0.3) is 0 Å². The molecule has 2 unspecified atom stereocenters. The average molecular weight is 253 g/mol. The summed E-state index contributed by atoms with van der Waals surface area (Å²) in [5.74, 6) is 1.18. The first-order chi connectivity index (χ1) is 8.56. The van der Waals surface area contributed by atoms with Gasteiger partial charge in [0.2, 0.25) is 5.91 Å². The summed E-state index contributed by atoms with van der Waals surface area (Å²) in [6.45, 7) is 3.99. The van der Waals surface area contributed by atoms with E-state index in [-0.39, 0.29) is 30.4 Å². The molecule has 4 heteroatoms. The van der Waals surface area contributed by atoms with Crippen LogP contribution in [0.25, 0.3) is 0 Å². The maximum absolute atomic E-state index is 12.5. The van der Waals surface area contributed by atoms with E-state index in [9.17, 15) is 9.59 Å². The molecule has 2 aliphatic carbocycles. The molecule has 0 aromatic rings. The first-order valence-electron chi connectivity index (χ1n) is 6.93. The van der Waals surface area contributed by atoms with Gasteiger partial charge in [-0.3, -0.25) is 9.59 Å². The van der Waals surface area contributed by atoms with Crippen molar-refractivity contribution in [3.05, 3.63) is 0 Å². The van der Waals surface area contributed by atoms with Crippen LogP contribution in [0.3, 0.4) is 0 Å². The van der Waals surface area contributed by atoms with E-state index < -0.39 is 0 Å². The van der Waals surface area contributed by atoms with Crippen LogP contribution >= 0.6 is 0 Å². The zero-order valence-electron chi connectivity index (χ0n) is 11.5.